The van der Waals surface area contributed by atoms with Crippen LogP contribution in [0.1, 0.15) is 5.56 Å². The van der Waals surface area contributed by atoms with Crippen molar-refractivity contribution in [1.82, 2.24) is 9.55 Å². The molecule has 1 fully saturated rings. The van der Waals surface area contributed by atoms with Crippen molar-refractivity contribution in [1.29, 1.82) is 0 Å². The first-order chi connectivity index (χ1) is 14.7. The molecule has 160 valence electrons. The van der Waals surface area contributed by atoms with Gasteiger partial charge in [-0.25, -0.2) is 4.79 Å². The lowest BCUT2D eigenvalue weighted by molar-refractivity contribution is -0.102. The Morgan fingerprint density at radius 2 is 2.20 bits per heavy atom. The summed E-state index contributed by atoms with van der Waals surface area (Å²) in [5, 5.41) is 0. The molecule has 1 unspecified atom stereocenters. The van der Waals surface area contributed by atoms with E-state index in [1.54, 1.807) is 24.8 Å². The molecule has 0 amide bonds. The van der Waals surface area contributed by atoms with Crippen molar-refractivity contribution in [2.24, 2.45) is 4.99 Å². The minimum absolute atomic E-state index is 0.157. The van der Waals surface area contributed by atoms with Crippen molar-refractivity contribution in [2.75, 3.05) is 47.2 Å². The molecule has 1 saturated heterocycles. The molecular weight excluding hydrogens is 390 g/mol. The van der Waals surface area contributed by atoms with Gasteiger partial charge in [-0.3, -0.25) is 9.56 Å². The fraction of sp³-hybridized carbons (Fsp3) is 0.476. The normalized spacial score (nSPS) is 18.3. The van der Waals surface area contributed by atoms with Crippen molar-refractivity contribution < 1.29 is 23.7 Å². The minimum Gasteiger partial charge on any atom is -0.484 e. The van der Waals surface area contributed by atoms with Crippen LogP contribution in [0.4, 0.5) is 0 Å². The monoisotopic (exact) mass is 415 g/mol. The number of rotatable bonds is 6. The molecule has 0 spiro atoms. The van der Waals surface area contributed by atoms with E-state index < -0.39 is 0 Å². The summed E-state index contributed by atoms with van der Waals surface area (Å²) in [4.78, 5) is 20.6. The Balaban J connectivity index is 1.53. The van der Waals surface area contributed by atoms with Crippen molar-refractivity contribution >= 4 is 5.90 Å². The van der Waals surface area contributed by atoms with E-state index in [4.69, 9.17) is 23.7 Å². The maximum absolute atomic E-state index is 12.5. The molecule has 2 aliphatic rings. The van der Waals surface area contributed by atoms with E-state index >= 15 is 0 Å². The molecule has 1 aromatic carbocycles. The Morgan fingerprint density at radius 3 is 2.97 bits per heavy atom. The van der Waals surface area contributed by atoms with Gasteiger partial charge >= 0.3 is 5.69 Å². The predicted octanol–water partition coefficient (Wildman–Crippen LogP) is 1.31. The Hall–Kier alpha value is -2.91. The average molecular weight is 415 g/mol. The van der Waals surface area contributed by atoms with Crippen LogP contribution in [0.3, 0.4) is 0 Å². The highest BCUT2D eigenvalue weighted by Gasteiger charge is 2.21. The van der Waals surface area contributed by atoms with Gasteiger partial charge in [0, 0.05) is 25.2 Å². The van der Waals surface area contributed by atoms with Crippen LogP contribution in [0.15, 0.2) is 34.1 Å². The van der Waals surface area contributed by atoms with E-state index in [-0.39, 0.29) is 30.9 Å². The first-order valence-electron chi connectivity index (χ1n) is 9.87. The minimum atomic E-state index is -0.321. The van der Waals surface area contributed by atoms with Gasteiger partial charge in [0.15, 0.2) is 6.61 Å². The average Bonchev–Trinajstić information content (AvgIpc) is 2.78. The van der Waals surface area contributed by atoms with Crippen LogP contribution in [0.25, 0.3) is 11.3 Å². The zero-order valence-electron chi connectivity index (χ0n) is 17.1. The second-order valence-electron chi connectivity index (χ2n) is 6.97. The number of aromatic nitrogens is 2. The van der Waals surface area contributed by atoms with Crippen molar-refractivity contribution in [2.45, 2.75) is 19.1 Å². The Labute approximate surface area is 174 Å². The van der Waals surface area contributed by atoms with Gasteiger partial charge in [0.2, 0.25) is 11.8 Å². The van der Waals surface area contributed by atoms with Crippen LogP contribution in [-0.2, 0) is 27.2 Å². The third-order valence-electron chi connectivity index (χ3n) is 5.09. The van der Waals surface area contributed by atoms with Gasteiger partial charge in [-0.15, -0.1) is 0 Å². The van der Waals surface area contributed by atoms with Crippen LogP contribution in [0.5, 0.6) is 11.6 Å². The highest BCUT2D eigenvalue weighted by molar-refractivity contribution is 5.77. The molecule has 4 rings (SSSR count). The summed E-state index contributed by atoms with van der Waals surface area (Å²) in [5.74, 6) is 1.53. The Bertz CT molecular complexity index is 981. The molecule has 0 N–H and O–H groups in total. The zero-order chi connectivity index (χ0) is 20.9. The number of fused-ring (bicyclic) bond motifs is 3. The zero-order valence-corrected chi connectivity index (χ0v) is 17.1. The first-order valence-corrected chi connectivity index (χ1v) is 9.87. The standard InChI is InChI=1S/C21H25N3O6/c1-22-20(26-2)13-29-15-3-4-17-14(9-15)5-6-24-18(17)10-19(23-21(24)25)30-12-16-11-27-7-8-28-16/h3-4,9-10,16H,5-8,11-13H2,1-2H3. The summed E-state index contributed by atoms with van der Waals surface area (Å²) < 4.78 is 29.3. The molecule has 3 heterocycles. The predicted molar refractivity (Wildman–Crippen MR) is 110 cm³/mol. The van der Waals surface area contributed by atoms with E-state index in [1.807, 2.05) is 18.2 Å². The lowest BCUT2D eigenvalue weighted by Gasteiger charge is -2.24. The number of aliphatic imine (C=N–C) groups is 1. The lowest BCUT2D eigenvalue weighted by atomic mass is 9.97. The number of ether oxygens (including phenoxy) is 5. The van der Waals surface area contributed by atoms with E-state index in [2.05, 4.69) is 9.98 Å². The molecule has 0 saturated carbocycles. The van der Waals surface area contributed by atoms with Gasteiger partial charge in [0.05, 0.1) is 32.6 Å². The third kappa shape index (κ3) is 4.47. The smallest absolute Gasteiger partial charge is 0.351 e. The SMILES string of the molecule is CN=C(COc1ccc2c(c1)CCn1c-2cc(OCC2COCCO2)nc1=O)OC. The molecule has 2 aromatic rings. The largest absolute Gasteiger partial charge is 0.484 e. The number of hydrogen-bond acceptors (Lipinski definition) is 8. The third-order valence-corrected chi connectivity index (χ3v) is 5.09. The van der Waals surface area contributed by atoms with Crippen LogP contribution in [0, 0.1) is 0 Å². The summed E-state index contributed by atoms with van der Waals surface area (Å²) in [6.07, 6.45) is 0.558. The lowest BCUT2D eigenvalue weighted by Crippen LogP contribution is -2.34. The van der Waals surface area contributed by atoms with E-state index in [1.165, 1.54) is 0 Å². The molecule has 0 aliphatic carbocycles. The fourth-order valence-electron chi connectivity index (χ4n) is 3.52. The Morgan fingerprint density at radius 1 is 1.30 bits per heavy atom. The van der Waals surface area contributed by atoms with Gasteiger partial charge in [0.25, 0.3) is 0 Å². The molecule has 2 aliphatic heterocycles. The van der Waals surface area contributed by atoms with Crippen molar-refractivity contribution in [3.05, 3.63) is 40.3 Å². The summed E-state index contributed by atoms with van der Waals surface area (Å²) in [6.45, 7) is 2.71. The molecule has 9 heteroatoms. The van der Waals surface area contributed by atoms with Gasteiger partial charge in [-0.05, 0) is 30.2 Å². The van der Waals surface area contributed by atoms with Gasteiger partial charge in [0.1, 0.15) is 18.5 Å². The number of aryl methyl sites for hydroxylation is 1. The van der Waals surface area contributed by atoms with Crippen molar-refractivity contribution in [3.63, 3.8) is 0 Å². The van der Waals surface area contributed by atoms with Crippen LogP contribution in [-0.4, -0.2) is 68.7 Å². The summed E-state index contributed by atoms with van der Waals surface area (Å²) >= 11 is 0. The van der Waals surface area contributed by atoms with Crippen molar-refractivity contribution in [3.8, 4) is 22.9 Å². The number of methoxy groups -OCH3 is 1. The topological polar surface area (TPSA) is 93.4 Å². The second kappa shape index (κ2) is 9.27. The second-order valence-corrected chi connectivity index (χ2v) is 6.97. The highest BCUT2D eigenvalue weighted by Crippen LogP contribution is 2.32. The molecule has 9 nitrogen and oxygen atoms in total. The molecule has 0 bridgehead atoms. The molecule has 0 radical (unpaired) electrons. The number of benzene rings is 1. The van der Waals surface area contributed by atoms with E-state index in [9.17, 15) is 4.79 Å². The van der Waals surface area contributed by atoms with Gasteiger partial charge in [-0.2, -0.15) is 4.98 Å². The maximum atomic E-state index is 12.5. The Kier molecular flexibility index (Phi) is 6.29. The van der Waals surface area contributed by atoms with E-state index in [0.29, 0.717) is 38.7 Å². The van der Waals surface area contributed by atoms with Crippen LogP contribution < -0.4 is 15.2 Å². The van der Waals surface area contributed by atoms with E-state index in [0.717, 1.165) is 22.6 Å². The molecule has 30 heavy (non-hydrogen) atoms. The highest BCUT2D eigenvalue weighted by atomic mass is 16.6. The van der Waals surface area contributed by atoms with Gasteiger partial charge in [-0.1, -0.05) is 0 Å². The summed E-state index contributed by atoms with van der Waals surface area (Å²) in [6, 6.07) is 7.61. The van der Waals surface area contributed by atoms with Crippen LogP contribution in [0.2, 0.25) is 0 Å². The molecule has 1 atom stereocenters. The molecule has 1 aromatic heterocycles. The van der Waals surface area contributed by atoms with Gasteiger partial charge < -0.3 is 23.7 Å². The number of nitrogens with zero attached hydrogens (tertiary/aromatic N) is 3. The number of hydrogen-bond donors (Lipinski definition) is 0. The maximum Gasteiger partial charge on any atom is 0.351 e. The summed E-state index contributed by atoms with van der Waals surface area (Å²) in [5.41, 5.74) is 2.52. The first kappa shape index (κ1) is 20.4. The quantitative estimate of drug-likeness (QED) is 0.519. The molecular formula is C21H25N3O6. The fourth-order valence-corrected chi connectivity index (χ4v) is 3.52. The summed E-state index contributed by atoms with van der Waals surface area (Å²) in [7, 11) is 3.22. The van der Waals surface area contributed by atoms with Crippen LogP contribution >= 0.6 is 0 Å².